The van der Waals surface area contributed by atoms with E-state index in [2.05, 4.69) is 6.92 Å². The molecule has 1 aliphatic carbocycles. The number of aliphatic imine (C=N–C) groups is 1. The molecule has 0 aromatic heterocycles. The Hall–Kier alpha value is -1.58. The first kappa shape index (κ1) is 14.4. The Morgan fingerprint density at radius 1 is 1.19 bits per heavy atom. The van der Waals surface area contributed by atoms with Gasteiger partial charge in [-0.3, -0.25) is 4.99 Å². The zero-order valence-electron chi connectivity index (χ0n) is 13.0. The van der Waals surface area contributed by atoms with Crippen molar-refractivity contribution in [1.29, 1.82) is 0 Å². The minimum absolute atomic E-state index is 0.169. The maximum absolute atomic E-state index is 15.0. The van der Waals surface area contributed by atoms with Crippen molar-refractivity contribution in [2.24, 2.45) is 4.99 Å². The molecule has 3 nitrogen and oxygen atoms in total. The molecule has 114 valence electrons. The third-order valence-corrected chi connectivity index (χ3v) is 4.13. The van der Waals surface area contributed by atoms with Crippen LogP contribution >= 0.6 is 0 Å². The molecule has 0 N–H and O–H groups in total. The van der Waals surface area contributed by atoms with Crippen LogP contribution in [0.25, 0.3) is 0 Å². The lowest BCUT2D eigenvalue weighted by Crippen LogP contribution is -2.09. The summed E-state index contributed by atoms with van der Waals surface area (Å²) in [6.45, 7) is 6.75. The van der Waals surface area contributed by atoms with E-state index in [4.69, 9.17) is 14.5 Å². The van der Waals surface area contributed by atoms with Crippen molar-refractivity contribution in [3.05, 3.63) is 23.0 Å². The molecule has 2 aliphatic rings. The lowest BCUT2D eigenvalue weighted by Gasteiger charge is -2.16. The van der Waals surface area contributed by atoms with Crippen LogP contribution in [-0.4, -0.2) is 18.9 Å². The van der Waals surface area contributed by atoms with Crippen LogP contribution in [0.15, 0.2) is 11.1 Å². The predicted molar refractivity (Wildman–Crippen MR) is 81.1 cm³/mol. The lowest BCUT2D eigenvalue weighted by molar-refractivity contribution is 0.275. The third kappa shape index (κ3) is 2.21. The molecule has 3 rings (SSSR count). The van der Waals surface area contributed by atoms with Gasteiger partial charge < -0.3 is 9.47 Å². The van der Waals surface area contributed by atoms with Gasteiger partial charge in [-0.15, -0.1) is 0 Å². The minimum atomic E-state index is -0.297. The molecule has 0 atom stereocenters. The Bertz CT molecular complexity index is 591. The highest BCUT2D eigenvalue weighted by Crippen LogP contribution is 2.57. The van der Waals surface area contributed by atoms with Crippen LogP contribution in [0.4, 0.5) is 4.39 Å². The van der Waals surface area contributed by atoms with Crippen LogP contribution in [0, 0.1) is 5.82 Å². The van der Waals surface area contributed by atoms with E-state index in [0.717, 1.165) is 37.0 Å². The van der Waals surface area contributed by atoms with E-state index in [9.17, 15) is 0 Å². The molecule has 4 heteroatoms. The molecule has 0 radical (unpaired) electrons. The Morgan fingerprint density at radius 2 is 1.90 bits per heavy atom. The van der Waals surface area contributed by atoms with E-state index in [1.807, 2.05) is 19.9 Å². The molecule has 1 fully saturated rings. The summed E-state index contributed by atoms with van der Waals surface area (Å²) in [6, 6.07) is 1.95. The van der Waals surface area contributed by atoms with E-state index >= 15 is 4.39 Å². The molecule has 21 heavy (non-hydrogen) atoms. The van der Waals surface area contributed by atoms with Gasteiger partial charge in [0.05, 0.1) is 18.8 Å². The van der Waals surface area contributed by atoms with Crippen LogP contribution in [-0.2, 0) is 5.54 Å². The fraction of sp³-hybridized carbons (Fsp3) is 0.588. The summed E-state index contributed by atoms with van der Waals surface area (Å²) in [5.74, 6) is 0.447. The second-order valence-electron chi connectivity index (χ2n) is 5.65. The van der Waals surface area contributed by atoms with Crippen molar-refractivity contribution in [2.45, 2.75) is 52.0 Å². The van der Waals surface area contributed by atoms with Crippen LogP contribution in [0.3, 0.4) is 0 Å². The maximum Gasteiger partial charge on any atom is 0.197 e. The monoisotopic (exact) mass is 291 g/mol. The summed E-state index contributed by atoms with van der Waals surface area (Å²) >= 11 is 0. The topological polar surface area (TPSA) is 30.8 Å². The Labute approximate surface area is 125 Å². The molecule has 1 aromatic carbocycles. The summed E-state index contributed by atoms with van der Waals surface area (Å²) in [5.41, 5.74) is 2.39. The first-order valence-electron chi connectivity index (χ1n) is 7.88. The number of fused-ring (bicyclic) bond motifs is 2. The molecular weight excluding hydrogens is 269 g/mol. The van der Waals surface area contributed by atoms with Gasteiger partial charge >= 0.3 is 0 Å². The van der Waals surface area contributed by atoms with Gasteiger partial charge in [-0.1, -0.05) is 13.3 Å². The largest absolute Gasteiger partial charge is 0.490 e. The molecule has 0 unspecified atom stereocenters. The third-order valence-electron chi connectivity index (χ3n) is 4.13. The van der Waals surface area contributed by atoms with Gasteiger partial charge in [-0.05, 0) is 44.7 Å². The second-order valence-corrected chi connectivity index (χ2v) is 5.65. The van der Waals surface area contributed by atoms with Crippen LogP contribution in [0.2, 0.25) is 0 Å². The average Bonchev–Trinajstić information content (AvgIpc) is 3.16. The molecule has 1 heterocycles. The van der Waals surface area contributed by atoms with E-state index in [0.29, 0.717) is 24.5 Å². The van der Waals surface area contributed by atoms with E-state index in [1.54, 1.807) is 0 Å². The fourth-order valence-electron chi connectivity index (χ4n) is 3.09. The molecular formula is C17H22FNO2. The Kier molecular flexibility index (Phi) is 3.64. The summed E-state index contributed by atoms with van der Waals surface area (Å²) in [6.07, 6.45) is 3.79. The van der Waals surface area contributed by atoms with E-state index in [1.165, 1.54) is 0 Å². The zero-order valence-corrected chi connectivity index (χ0v) is 13.0. The number of ether oxygens (including phenoxy) is 2. The molecule has 1 spiro atoms. The smallest absolute Gasteiger partial charge is 0.197 e. The van der Waals surface area contributed by atoms with Crippen molar-refractivity contribution < 1.29 is 13.9 Å². The highest BCUT2D eigenvalue weighted by atomic mass is 19.1. The number of hydrogen-bond acceptors (Lipinski definition) is 3. The quantitative estimate of drug-likeness (QED) is 0.786. The first-order chi connectivity index (χ1) is 10.2. The van der Waals surface area contributed by atoms with Gasteiger partial charge in [-0.2, -0.15) is 0 Å². The summed E-state index contributed by atoms with van der Waals surface area (Å²) < 4.78 is 26.1. The lowest BCUT2D eigenvalue weighted by atomic mass is 9.96. The number of halogens is 1. The van der Waals surface area contributed by atoms with Gasteiger partial charge in [0, 0.05) is 11.3 Å². The Balaban J connectivity index is 2.14. The average molecular weight is 291 g/mol. The van der Waals surface area contributed by atoms with Gasteiger partial charge in [-0.25, -0.2) is 4.39 Å². The number of benzene rings is 1. The van der Waals surface area contributed by atoms with Gasteiger partial charge in [0.25, 0.3) is 0 Å². The van der Waals surface area contributed by atoms with Crippen LogP contribution in [0.5, 0.6) is 11.5 Å². The van der Waals surface area contributed by atoms with Gasteiger partial charge in [0.2, 0.25) is 0 Å². The number of rotatable bonds is 6. The van der Waals surface area contributed by atoms with E-state index in [-0.39, 0.29) is 17.1 Å². The van der Waals surface area contributed by atoms with Crippen LogP contribution < -0.4 is 9.47 Å². The number of nitrogens with zero attached hydrogens (tertiary/aromatic N) is 1. The molecule has 1 saturated carbocycles. The zero-order chi connectivity index (χ0) is 15.0. The van der Waals surface area contributed by atoms with E-state index < -0.39 is 0 Å². The normalized spacial score (nSPS) is 17.6. The van der Waals surface area contributed by atoms with Crippen molar-refractivity contribution in [2.75, 3.05) is 13.2 Å². The number of hydrogen-bond donors (Lipinski definition) is 0. The summed E-state index contributed by atoms with van der Waals surface area (Å²) in [5, 5.41) is 0. The highest BCUT2D eigenvalue weighted by Gasteiger charge is 2.51. The Morgan fingerprint density at radius 3 is 2.48 bits per heavy atom. The molecule has 0 bridgehead atoms. The molecule has 0 saturated heterocycles. The van der Waals surface area contributed by atoms with Crippen molar-refractivity contribution >= 4 is 5.71 Å². The van der Waals surface area contributed by atoms with Gasteiger partial charge in [0.15, 0.2) is 17.3 Å². The summed E-state index contributed by atoms with van der Waals surface area (Å²) in [4.78, 5) is 4.82. The van der Waals surface area contributed by atoms with Gasteiger partial charge in [0.1, 0.15) is 0 Å². The van der Waals surface area contributed by atoms with Crippen LogP contribution in [0.1, 0.15) is 57.6 Å². The highest BCUT2D eigenvalue weighted by molar-refractivity contribution is 6.06. The second kappa shape index (κ2) is 5.32. The fourth-order valence-corrected chi connectivity index (χ4v) is 3.09. The first-order valence-corrected chi connectivity index (χ1v) is 7.88. The SMILES string of the molecule is CCCC1=NC2(CC2)c2cc(OCC)c(OCC)c(F)c21. The minimum Gasteiger partial charge on any atom is -0.490 e. The maximum atomic E-state index is 15.0. The summed E-state index contributed by atoms with van der Waals surface area (Å²) in [7, 11) is 0. The van der Waals surface area contributed by atoms with Crippen molar-refractivity contribution in [3.8, 4) is 11.5 Å². The molecule has 0 amide bonds. The van der Waals surface area contributed by atoms with Crippen molar-refractivity contribution in [3.63, 3.8) is 0 Å². The molecule has 1 aliphatic heterocycles. The predicted octanol–water partition coefficient (Wildman–Crippen LogP) is 4.22. The van der Waals surface area contributed by atoms with Crippen molar-refractivity contribution in [1.82, 2.24) is 0 Å². The standard InChI is InChI=1S/C17H22FNO2/c1-4-7-12-14-11(17(19-12)8-9-17)10-13(20-5-2)16(15(14)18)21-6-3/h10H,4-9H2,1-3H3. The molecule has 1 aromatic rings.